The van der Waals surface area contributed by atoms with E-state index in [0.717, 1.165) is 0 Å². The highest BCUT2D eigenvalue weighted by molar-refractivity contribution is 5.78. The van der Waals surface area contributed by atoms with Gasteiger partial charge >= 0.3 is 18.3 Å². The number of carbonyl (C=O) groups excluding carboxylic acids is 1. The first kappa shape index (κ1) is 26.0. The van der Waals surface area contributed by atoms with Gasteiger partial charge in [-0.25, -0.2) is 0 Å². The van der Waals surface area contributed by atoms with Crippen LogP contribution in [0, 0.1) is 11.3 Å². The predicted molar refractivity (Wildman–Crippen MR) is 85.7 cm³/mol. The molecule has 0 bridgehead atoms. The van der Waals surface area contributed by atoms with Crippen molar-refractivity contribution in [3.05, 3.63) is 0 Å². The second-order valence-corrected chi connectivity index (χ2v) is 7.96. The number of halogens is 6. The highest BCUT2D eigenvalue weighted by Gasteiger charge is 2.71. The minimum Gasteiger partial charge on any atom is -0.462 e. The van der Waals surface area contributed by atoms with Crippen LogP contribution in [0.25, 0.3) is 0 Å². The van der Waals surface area contributed by atoms with Gasteiger partial charge in [-0.1, -0.05) is 20.8 Å². The minimum atomic E-state index is -6.00. The molecule has 27 heavy (non-hydrogen) atoms. The lowest BCUT2D eigenvalue weighted by molar-refractivity contribution is -0.374. The van der Waals surface area contributed by atoms with Gasteiger partial charge in [0, 0.05) is 6.42 Å². The molecular formula is C17H28F6O4. The molecule has 0 aliphatic heterocycles. The predicted octanol–water partition coefficient (Wildman–Crippen LogP) is 4.38. The van der Waals surface area contributed by atoms with E-state index in [1.54, 1.807) is 0 Å². The molecule has 0 rings (SSSR count). The number of hydrogen-bond donors (Lipinski definition) is 2. The quantitative estimate of drug-likeness (QED) is 0.461. The van der Waals surface area contributed by atoms with Crippen molar-refractivity contribution >= 4 is 5.97 Å². The Morgan fingerprint density at radius 1 is 0.963 bits per heavy atom. The molecule has 2 unspecified atom stereocenters. The van der Waals surface area contributed by atoms with Crippen LogP contribution in [0.3, 0.4) is 0 Å². The first-order chi connectivity index (χ1) is 11.7. The molecule has 0 spiro atoms. The van der Waals surface area contributed by atoms with E-state index in [1.807, 2.05) is 0 Å². The van der Waals surface area contributed by atoms with E-state index in [9.17, 15) is 41.4 Å². The van der Waals surface area contributed by atoms with Crippen molar-refractivity contribution in [2.75, 3.05) is 0 Å². The van der Waals surface area contributed by atoms with Crippen LogP contribution in [0.2, 0.25) is 0 Å². The molecule has 0 aromatic heterocycles. The number of esters is 1. The molecule has 0 radical (unpaired) electrons. The summed E-state index contributed by atoms with van der Waals surface area (Å²) in [4.78, 5) is 12.5. The average Bonchev–Trinajstić information content (AvgIpc) is 2.41. The van der Waals surface area contributed by atoms with Gasteiger partial charge in [-0.3, -0.25) is 4.79 Å². The fraction of sp³-hybridized carbons (Fsp3) is 0.941. The number of rotatable bonds is 8. The molecule has 2 N–H and O–H groups in total. The molecule has 0 aromatic carbocycles. The zero-order valence-corrected chi connectivity index (χ0v) is 16.3. The zero-order valence-electron chi connectivity index (χ0n) is 16.3. The van der Waals surface area contributed by atoms with Gasteiger partial charge in [0.05, 0.1) is 11.0 Å². The van der Waals surface area contributed by atoms with Crippen LogP contribution in [0.4, 0.5) is 26.3 Å². The third-order valence-corrected chi connectivity index (χ3v) is 4.98. The average molecular weight is 410 g/mol. The Bertz CT molecular complexity index is 493. The summed E-state index contributed by atoms with van der Waals surface area (Å²) in [6, 6.07) is 0. The third-order valence-electron chi connectivity index (χ3n) is 4.98. The third kappa shape index (κ3) is 5.73. The molecule has 0 aliphatic carbocycles. The molecule has 162 valence electrons. The molecule has 0 heterocycles. The number of hydrogen-bond acceptors (Lipinski definition) is 4. The van der Waals surface area contributed by atoms with Crippen LogP contribution in [0.5, 0.6) is 0 Å². The molecule has 0 fully saturated rings. The summed E-state index contributed by atoms with van der Waals surface area (Å²) in [5, 5.41) is 19.6. The Labute approximate surface area is 154 Å². The van der Waals surface area contributed by atoms with Gasteiger partial charge in [-0.15, -0.1) is 0 Å². The lowest BCUT2D eigenvalue weighted by Gasteiger charge is -2.40. The fourth-order valence-electron chi connectivity index (χ4n) is 2.53. The van der Waals surface area contributed by atoms with Crippen molar-refractivity contribution < 1.29 is 46.1 Å². The van der Waals surface area contributed by atoms with Crippen LogP contribution in [-0.2, 0) is 9.53 Å². The van der Waals surface area contributed by atoms with Gasteiger partial charge in [-0.2, -0.15) is 26.3 Å². The van der Waals surface area contributed by atoms with Crippen molar-refractivity contribution in [2.24, 2.45) is 11.3 Å². The highest BCUT2D eigenvalue weighted by atomic mass is 19.4. The van der Waals surface area contributed by atoms with E-state index in [2.05, 4.69) is 0 Å². The molecule has 0 aliphatic rings. The van der Waals surface area contributed by atoms with Gasteiger partial charge in [0.2, 0.25) is 0 Å². The summed E-state index contributed by atoms with van der Waals surface area (Å²) in [6.07, 6.45) is -16.0. The Balaban J connectivity index is 5.87. The van der Waals surface area contributed by atoms with Crippen LogP contribution in [0.1, 0.15) is 60.8 Å². The molecule has 4 nitrogen and oxygen atoms in total. The second-order valence-electron chi connectivity index (χ2n) is 7.96. The fourth-order valence-corrected chi connectivity index (χ4v) is 2.53. The van der Waals surface area contributed by atoms with Gasteiger partial charge in [0.15, 0.2) is 0 Å². The lowest BCUT2D eigenvalue weighted by Crippen LogP contribution is -2.59. The second kappa shape index (κ2) is 8.14. The SMILES string of the molecule is CCC(C)(C(=O)OC(CC(C)C)CC(O)(C(F)(F)F)C(F)(F)F)C(C)(C)O. The van der Waals surface area contributed by atoms with Gasteiger partial charge in [0.25, 0.3) is 5.60 Å². The van der Waals surface area contributed by atoms with Crippen molar-refractivity contribution in [2.45, 2.75) is 90.5 Å². The lowest BCUT2D eigenvalue weighted by atomic mass is 9.73. The summed E-state index contributed by atoms with van der Waals surface area (Å²) >= 11 is 0. The maximum Gasteiger partial charge on any atom is 0.426 e. The maximum absolute atomic E-state index is 13.0. The van der Waals surface area contributed by atoms with E-state index in [1.165, 1.54) is 41.5 Å². The van der Waals surface area contributed by atoms with Crippen LogP contribution in [-0.4, -0.2) is 45.8 Å². The Morgan fingerprint density at radius 3 is 1.63 bits per heavy atom. The maximum atomic E-state index is 13.0. The Morgan fingerprint density at radius 2 is 1.37 bits per heavy atom. The smallest absolute Gasteiger partial charge is 0.426 e. The van der Waals surface area contributed by atoms with E-state index in [-0.39, 0.29) is 12.8 Å². The highest BCUT2D eigenvalue weighted by Crippen LogP contribution is 2.47. The summed E-state index contributed by atoms with van der Waals surface area (Å²) in [7, 11) is 0. The topological polar surface area (TPSA) is 66.8 Å². The standard InChI is InChI=1S/C17H28F6O4/c1-7-14(6,13(4,5)25)12(24)27-11(8-10(2)3)9-15(26,16(18,19)20)17(21,22)23/h10-11,25-26H,7-9H2,1-6H3. The Hall–Kier alpha value is -1.03. The van der Waals surface area contributed by atoms with E-state index < -0.39 is 53.4 Å². The first-order valence-electron chi connectivity index (χ1n) is 8.52. The van der Waals surface area contributed by atoms with E-state index in [4.69, 9.17) is 4.74 Å². The van der Waals surface area contributed by atoms with E-state index >= 15 is 0 Å². The molecular weight excluding hydrogens is 382 g/mol. The van der Waals surface area contributed by atoms with Crippen molar-refractivity contribution in [1.82, 2.24) is 0 Å². The number of aliphatic hydroxyl groups is 2. The summed E-state index contributed by atoms with van der Waals surface area (Å²) < 4.78 is 82.8. The molecule has 10 heteroatoms. The van der Waals surface area contributed by atoms with Crippen LogP contribution < -0.4 is 0 Å². The van der Waals surface area contributed by atoms with Gasteiger partial charge < -0.3 is 14.9 Å². The first-order valence-corrected chi connectivity index (χ1v) is 8.52. The molecule has 2 atom stereocenters. The number of alkyl halides is 6. The summed E-state index contributed by atoms with van der Waals surface area (Å²) in [5.74, 6) is -1.54. The molecule has 0 saturated heterocycles. The van der Waals surface area contributed by atoms with Gasteiger partial charge in [0.1, 0.15) is 6.10 Å². The zero-order chi connectivity index (χ0) is 22.1. The minimum absolute atomic E-state index is 0.0343. The largest absolute Gasteiger partial charge is 0.462 e. The molecule has 0 aromatic rings. The number of ether oxygens (including phenoxy) is 1. The van der Waals surface area contributed by atoms with Crippen molar-refractivity contribution in [3.63, 3.8) is 0 Å². The molecule has 0 amide bonds. The van der Waals surface area contributed by atoms with Crippen LogP contribution >= 0.6 is 0 Å². The summed E-state index contributed by atoms with van der Waals surface area (Å²) in [6.45, 7) is 8.46. The number of carbonyl (C=O) groups is 1. The van der Waals surface area contributed by atoms with Crippen molar-refractivity contribution in [3.8, 4) is 0 Å². The normalized spacial score (nSPS) is 17.6. The van der Waals surface area contributed by atoms with Crippen molar-refractivity contribution in [1.29, 1.82) is 0 Å². The van der Waals surface area contributed by atoms with E-state index in [0.29, 0.717) is 0 Å². The Kier molecular flexibility index (Phi) is 7.83. The monoisotopic (exact) mass is 410 g/mol. The molecule has 0 saturated carbocycles. The summed E-state index contributed by atoms with van der Waals surface area (Å²) in [5.41, 5.74) is -8.21. The van der Waals surface area contributed by atoms with Crippen LogP contribution in [0.15, 0.2) is 0 Å². The van der Waals surface area contributed by atoms with Gasteiger partial charge in [-0.05, 0) is 39.5 Å².